The van der Waals surface area contributed by atoms with Gasteiger partial charge in [0.05, 0.1) is 30.5 Å². The molecule has 0 radical (unpaired) electrons. The second-order valence-electron chi connectivity index (χ2n) is 5.70. The number of fused-ring (bicyclic) bond motifs is 1. The van der Waals surface area contributed by atoms with Crippen molar-refractivity contribution < 1.29 is 14.3 Å². The number of nitrogens with zero attached hydrogens (tertiary/aromatic N) is 1. The van der Waals surface area contributed by atoms with Gasteiger partial charge in [0.1, 0.15) is 0 Å². The molecule has 0 aliphatic carbocycles. The van der Waals surface area contributed by atoms with E-state index in [1.165, 1.54) is 11.8 Å². The van der Waals surface area contributed by atoms with E-state index >= 15 is 0 Å². The van der Waals surface area contributed by atoms with Gasteiger partial charge in [0.2, 0.25) is 5.91 Å². The van der Waals surface area contributed by atoms with Gasteiger partial charge in [-0.3, -0.25) is 4.79 Å². The molecule has 1 heterocycles. The number of carbonyl (C=O) groups is 1. The van der Waals surface area contributed by atoms with E-state index in [0.717, 1.165) is 21.5 Å². The molecule has 0 fully saturated rings. The number of nitrogens with one attached hydrogen (secondary N) is 1. The van der Waals surface area contributed by atoms with Crippen LogP contribution in [0, 0.1) is 6.92 Å². The largest absolute Gasteiger partial charge is 0.493 e. The van der Waals surface area contributed by atoms with Crippen molar-refractivity contribution in [1.82, 2.24) is 4.98 Å². The Hall–Kier alpha value is -2.73. The molecule has 1 N–H and O–H groups in total. The van der Waals surface area contributed by atoms with Gasteiger partial charge in [-0.25, -0.2) is 4.98 Å². The van der Waals surface area contributed by atoms with E-state index in [-0.39, 0.29) is 11.7 Å². The number of hydrogen-bond donors (Lipinski definition) is 1. The minimum absolute atomic E-state index is 0.102. The number of aryl methyl sites for hydroxylation is 1. The van der Waals surface area contributed by atoms with Crippen LogP contribution in [0.15, 0.2) is 53.6 Å². The molecule has 0 atom stereocenters. The summed E-state index contributed by atoms with van der Waals surface area (Å²) in [5.74, 6) is 1.37. The van der Waals surface area contributed by atoms with Gasteiger partial charge in [-0.15, -0.1) is 0 Å². The molecule has 0 spiro atoms. The summed E-state index contributed by atoms with van der Waals surface area (Å²) in [5.41, 5.74) is 2.75. The minimum Gasteiger partial charge on any atom is -0.493 e. The highest BCUT2D eigenvalue weighted by Crippen LogP contribution is 2.30. The van der Waals surface area contributed by atoms with Crippen LogP contribution in [0.1, 0.15) is 5.56 Å². The smallest absolute Gasteiger partial charge is 0.234 e. The van der Waals surface area contributed by atoms with E-state index in [1.807, 2.05) is 24.3 Å². The zero-order valence-corrected chi connectivity index (χ0v) is 15.7. The molecule has 2 aromatic carbocycles. The van der Waals surface area contributed by atoms with Crippen LogP contribution in [0.3, 0.4) is 0 Å². The highest BCUT2D eigenvalue weighted by Gasteiger charge is 2.09. The van der Waals surface area contributed by atoms with E-state index < -0.39 is 0 Å². The van der Waals surface area contributed by atoms with Gasteiger partial charge in [-0.2, -0.15) is 0 Å². The van der Waals surface area contributed by atoms with Crippen LogP contribution in [0.2, 0.25) is 0 Å². The fraction of sp³-hybridized carbons (Fsp3) is 0.200. The molecule has 0 saturated carbocycles. The second kappa shape index (κ2) is 8.10. The number of pyridine rings is 1. The number of rotatable bonds is 6. The molecule has 0 bridgehead atoms. The summed E-state index contributed by atoms with van der Waals surface area (Å²) in [7, 11) is 3.14. The number of anilines is 1. The number of methoxy groups -OCH3 is 2. The Morgan fingerprint density at radius 3 is 2.62 bits per heavy atom. The summed E-state index contributed by atoms with van der Waals surface area (Å²) in [6.07, 6.45) is 0. The average molecular weight is 368 g/mol. The maximum atomic E-state index is 12.3. The predicted octanol–water partition coefficient (Wildman–Crippen LogP) is 4.29. The number of amides is 1. The van der Waals surface area contributed by atoms with E-state index in [9.17, 15) is 4.79 Å². The molecule has 6 heteroatoms. The average Bonchev–Trinajstić information content (AvgIpc) is 2.66. The van der Waals surface area contributed by atoms with Crippen molar-refractivity contribution in [2.75, 3.05) is 25.3 Å². The lowest BCUT2D eigenvalue weighted by Crippen LogP contribution is -2.14. The Morgan fingerprint density at radius 2 is 1.85 bits per heavy atom. The molecule has 134 valence electrons. The summed E-state index contributed by atoms with van der Waals surface area (Å²) in [4.78, 5) is 16.9. The van der Waals surface area contributed by atoms with Gasteiger partial charge in [-0.1, -0.05) is 30.0 Å². The first kappa shape index (κ1) is 18.1. The van der Waals surface area contributed by atoms with Crippen LogP contribution in [0.25, 0.3) is 10.9 Å². The van der Waals surface area contributed by atoms with Crippen LogP contribution in [-0.2, 0) is 4.79 Å². The number of carbonyl (C=O) groups excluding carboxylic acids is 1. The molecule has 0 unspecified atom stereocenters. The van der Waals surface area contributed by atoms with Gasteiger partial charge in [0.15, 0.2) is 11.5 Å². The molecule has 1 aromatic heterocycles. The molecule has 5 nitrogen and oxygen atoms in total. The zero-order valence-electron chi connectivity index (χ0n) is 14.9. The lowest BCUT2D eigenvalue weighted by Gasteiger charge is -2.10. The van der Waals surface area contributed by atoms with Crippen LogP contribution in [-0.4, -0.2) is 30.9 Å². The van der Waals surface area contributed by atoms with Gasteiger partial charge < -0.3 is 14.8 Å². The first-order chi connectivity index (χ1) is 12.6. The number of ether oxygens (including phenoxy) is 2. The highest BCUT2D eigenvalue weighted by molar-refractivity contribution is 7.99. The number of hydrogen-bond acceptors (Lipinski definition) is 5. The minimum atomic E-state index is -0.102. The Kier molecular flexibility index (Phi) is 5.63. The Labute approximate surface area is 156 Å². The summed E-state index contributed by atoms with van der Waals surface area (Å²) >= 11 is 1.42. The SMILES string of the molecule is COc1ccc(NC(=O)CSc2cc(C)c3ccccc3n2)cc1OC. The summed E-state index contributed by atoms with van der Waals surface area (Å²) < 4.78 is 10.4. The standard InChI is InChI=1S/C20H20N2O3S/c1-13-10-20(22-16-7-5-4-6-15(13)16)26-12-19(23)21-14-8-9-17(24-2)18(11-14)25-3/h4-11H,12H2,1-3H3,(H,21,23). The summed E-state index contributed by atoms with van der Waals surface area (Å²) in [5, 5.41) is 4.83. The fourth-order valence-electron chi connectivity index (χ4n) is 2.64. The van der Waals surface area contributed by atoms with Crippen molar-refractivity contribution in [3.63, 3.8) is 0 Å². The van der Waals surface area contributed by atoms with E-state index in [2.05, 4.69) is 23.3 Å². The third kappa shape index (κ3) is 4.08. The van der Waals surface area contributed by atoms with Gasteiger partial charge in [0, 0.05) is 17.1 Å². The molecule has 0 saturated heterocycles. The topological polar surface area (TPSA) is 60.5 Å². The van der Waals surface area contributed by atoms with Crippen LogP contribution in [0.5, 0.6) is 11.5 Å². The van der Waals surface area contributed by atoms with Gasteiger partial charge in [-0.05, 0) is 36.8 Å². The fourth-order valence-corrected chi connectivity index (χ4v) is 3.42. The molecular formula is C20H20N2O3S. The molecule has 0 aliphatic rings. The molecule has 0 aliphatic heterocycles. The van der Waals surface area contributed by atoms with Crippen molar-refractivity contribution in [3.8, 4) is 11.5 Å². The van der Waals surface area contributed by atoms with E-state index in [4.69, 9.17) is 9.47 Å². The third-order valence-electron chi connectivity index (χ3n) is 3.92. The second-order valence-corrected chi connectivity index (χ2v) is 6.70. The lowest BCUT2D eigenvalue weighted by atomic mass is 10.1. The monoisotopic (exact) mass is 368 g/mol. The predicted molar refractivity (Wildman–Crippen MR) is 105 cm³/mol. The van der Waals surface area contributed by atoms with Crippen molar-refractivity contribution >= 4 is 34.3 Å². The number of para-hydroxylation sites is 1. The van der Waals surface area contributed by atoms with Gasteiger partial charge >= 0.3 is 0 Å². The maximum absolute atomic E-state index is 12.3. The molecular weight excluding hydrogens is 348 g/mol. The van der Waals surface area contributed by atoms with Crippen LogP contribution < -0.4 is 14.8 Å². The first-order valence-electron chi connectivity index (χ1n) is 8.12. The molecule has 3 rings (SSSR count). The lowest BCUT2D eigenvalue weighted by molar-refractivity contribution is -0.113. The molecule has 1 amide bonds. The van der Waals surface area contributed by atoms with Crippen LogP contribution >= 0.6 is 11.8 Å². The van der Waals surface area contributed by atoms with Crippen LogP contribution in [0.4, 0.5) is 5.69 Å². The first-order valence-corrected chi connectivity index (χ1v) is 9.10. The number of thioether (sulfide) groups is 1. The van der Waals surface area contributed by atoms with Gasteiger partial charge in [0.25, 0.3) is 0 Å². The Balaban J connectivity index is 1.66. The third-order valence-corrected chi connectivity index (χ3v) is 4.83. The zero-order chi connectivity index (χ0) is 18.5. The highest BCUT2D eigenvalue weighted by atomic mass is 32.2. The van der Waals surface area contributed by atoms with Crippen molar-refractivity contribution in [2.24, 2.45) is 0 Å². The Morgan fingerprint density at radius 1 is 1.08 bits per heavy atom. The maximum Gasteiger partial charge on any atom is 0.234 e. The Bertz CT molecular complexity index is 943. The quantitative estimate of drug-likeness (QED) is 0.658. The summed E-state index contributed by atoms with van der Waals surface area (Å²) in [6.45, 7) is 2.05. The molecule has 26 heavy (non-hydrogen) atoms. The van der Waals surface area contributed by atoms with Crippen molar-refractivity contribution in [2.45, 2.75) is 11.9 Å². The number of aromatic nitrogens is 1. The van der Waals surface area contributed by atoms with E-state index in [1.54, 1.807) is 32.4 Å². The molecule has 3 aromatic rings. The van der Waals surface area contributed by atoms with Crippen molar-refractivity contribution in [3.05, 3.63) is 54.1 Å². The van der Waals surface area contributed by atoms with Crippen molar-refractivity contribution in [1.29, 1.82) is 0 Å². The van der Waals surface area contributed by atoms with E-state index in [0.29, 0.717) is 17.2 Å². The normalized spacial score (nSPS) is 10.6. The summed E-state index contributed by atoms with van der Waals surface area (Å²) in [6, 6.07) is 15.3. The number of benzene rings is 2.